The van der Waals surface area contributed by atoms with Crippen molar-refractivity contribution in [1.29, 1.82) is 0 Å². The fourth-order valence-electron chi connectivity index (χ4n) is 1.96. The van der Waals surface area contributed by atoms with Crippen LogP contribution in [0.1, 0.15) is 40.5 Å². The second kappa shape index (κ2) is 4.52. The molecule has 2 heteroatoms. The highest BCUT2D eigenvalue weighted by molar-refractivity contribution is 8.13. The molecule has 1 unspecified atom stereocenters. The molecule has 1 aliphatic rings. The van der Waals surface area contributed by atoms with Crippen molar-refractivity contribution in [1.82, 2.24) is 0 Å². The number of hydrogen-bond acceptors (Lipinski definition) is 2. The van der Waals surface area contributed by atoms with Crippen LogP contribution < -0.4 is 0 Å². The van der Waals surface area contributed by atoms with Gasteiger partial charge in [-0.1, -0.05) is 44.2 Å². The zero-order valence-electron chi connectivity index (χ0n) is 9.59. The van der Waals surface area contributed by atoms with E-state index in [-0.39, 0.29) is 5.41 Å². The fraction of sp³-hybridized carbons (Fsp3) is 0.750. The van der Waals surface area contributed by atoms with Crippen molar-refractivity contribution in [2.45, 2.75) is 40.5 Å². The van der Waals surface area contributed by atoms with Crippen LogP contribution >= 0.6 is 11.8 Å². The van der Waals surface area contributed by atoms with Gasteiger partial charge in [0.2, 0.25) is 0 Å². The van der Waals surface area contributed by atoms with Crippen LogP contribution in [-0.2, 0) is 4.79 Å². The Kier molecular flexibility index (Phi) is 3.82. The van der Waals surface area contributed by atoms with Gasteiger partial charge in [-0.25, -0.2) is 0 Å². The van der Waals surface area contributed by atoms with E-state index in [2.05, 4.69) is 26.8 Å². The van der Waals surface area contributed by atoms with Crippen molar-refractivity contribution >= 4 is 16.9 Å². The Hall–Kier alpha value is -0.240. The fourth-order valence-corrected chi connectivity index (χ4v) is 2.60. The molecule has 1 nitrogen and oxygen atoms in total. The van der Waals surface area contributed by atoms with Crippen LogP contribution in [0.3, 0.4) is 0 Å². The molecule has 1 atom stereocenters. The maximum atomic E-state index is 11.5. The first kappa shape index (κ1) is 11.8. The highest BCUT2D eigenvalue weighted by Gasteiger charge is 2.35. The van der Waals surface area contributed by atoms with E-state index in [0.29, 0.717) is 11.0 Å². The normalized spacial score (nSPS) is 24.9. The second-order valence-electron chi connectivity index (χ2n) is 4.55. The maximum absolute atomic E-state index is 11.5. The molecule has 0 heterocycles. The monoisotopic (exact) mass is 212 g/mol. The van der Waals surface area contributed by atoms with Crippen molar-refractivity contribution in [3.63, 3.8) is 0 Å². The van der Waals surface area contributed by atoms with Crippen LogP contribution in [0.25, 0.3) is 0 Å². The van der Waals surface area contributed by atoms with Crippen molar-refractivity contribution in [3.8, 4) is 0 Å². The smallest absolute Gasteiger partial charge is 0.189 e. The molecule has 0 saturated carbocycles. The molecule has 0 aromatic carbocycles. The molecule has 0 aromatic heterocycles. The van der Waals surface area contributed by atoms with E-state index in [1.807, 2.05) is 6.92 Å². The molecule has 0 amide bonds. The Balaban J connectivity index is 2.53. The van der Waals surface area contributed by atoms with Crippen LogP contribution in [-0.4, -0.2) is 10.9 Å². The largest absolute Gasteiger partial charge is 0.287 e. The molecular weight excluding hydrogens is 192 g/mol. The average molecular weight is 212 g/mol. The Morgan fingerprint density at radius 3 is 2.71 bits per heavy atom. The van der Waals surface area contributed by atoms with Gasteiger partial charge in [0.1, 0.15) is 0 Å². The summed E-state index contributed by atoms with van der Waals surface area (Å²) in [6.07, 6.45) is 4.10. The van der Waals surface area contributed by atoms with Crippen LogP contribution in [0, 0.1) is 11.3 Å². The molecule has 0 fully saturated rings. The Bertz CT molecular complexity index is 253. The summed E-state index contributed by atoms with van der Waals surface area (Å²) < 4.78 is 0. The van der Waals surface area contributed by atoms with Gasteiger partial charge >= 0.3 is 0 Å². The van der Waals surface area contributed by atoms with Gasteiger partial charge in [0.05, 0.1) is 0 Å². The Morgan fingerprint density at radius 1 is 1.64 bits per heavy atom. The topological polar surface area (TPSA) is 17.1 Å². The van der Waals surface area contributed by atoms with Gasteiger partial charge in [-0.3, -0.25) is 4.79 Å². The van der Waals surface area contributed by atoms with E-state index in [4.69, 9.17) is 0 Å². The molecule has 80 valence electrons. The molecular formula is C12H20OS. The van der Waals surface area contributed by atoms with Gasteiger partial charge in [0.15, 0.2) is 5.12 Å². The van der Waals surface area contributed by atoms with Crippen LogP contribution in [0.15, 0.2) is 11.6 Å². The molecule has 0 aromatic rings. The summed E-state index contributed by atoms with van der Waals surface area (Å²) in [7, 11) is 0. The summed E-state index contributed by atoms with van der Waals surface area (Å²) in [4.78, 5) is 11.5. The predicted octanol–water partition coefficient (Wildman–Crippen LogP) is 3.65. The summed E-state index contributed by atoms with van der Waals surface area (Å²) in [5.41, 5.74) is 1.67. The van der Waals surface area contributed by atoms with Gasteiger partial charge in [0, 0.05) is 6.42 Å². The summed E-state index contributed by atoms with van der Waals surface area (Å²) in [5.74, 6) is 1.42. The lowest BCUT2D eigenvalue weighted by atomic mass is 9.76. The maximum Gasteiger partial charge on any atom is 0.189 e. The zero-order valence-corrected chi connectivity index (χ0v) is 10.4. The molecule has 0 spiro atoms. The minimum Gasteiger partial charge on any atom is -0.287 e. The van der Waals surface area contributed by atoms with E-state index < -0.39 is 0 Å². The lowest BCUT2D eigenvalue weighted by Gasteiger charge is -2.29. The standard InChI is InChI=1S/C12H20OS/c1-5-14-11(13)8-10-7-6-9(2)12(10,3)4/h6,10H,5,7-8H2,1-4H3. The molecule has 0 bridgehead atoms. The molecule has 14 heavy (non-hydrogen) atoms. The third-order valence-corrected chi connectivity index (χ3v) is 4.24. The third kappa shape index (κ3) is 2.41. The Labute approximate surface area is 91.3 Å². The SMILES string of the molecule is CCSC(=O)CC1CC=C(C)C1(C)C. The first-order valence-corrected chi connectivity index (χ1v) is 6.30. The number of thioether (sulfide) groups is 1. The summed E-state index contributed by atoms with van der Waals surface area (Å²) in [5, 5.41) is 0.355. The first-order chi connectivity index (χ1) is 6.48. The Morgan fingerprint density at radius 2 is 2.29 bits per heavy atom. The lowest BCUT2D eigenvalue weighted by molar-refractivity contribution is -0.112. The quantitative estimate of drug-likeness (QED) is 0.664. The molecule has 0 radical (unpaired) electrons. The average Bonchev–Trinajstić information content (AvgIpc) is 2.32. The minimum absolute atomic E-state index is 0.226. The van der Waals surface area contributed by atoms with Crippen molar-refractivity contribution < 1.29 is 4.79 Å². The number of carbonyl (C=O) groups is 1. The van der Waals surface area contributed by atoms with Crippen LogP contribution in [0.5, 0.6) is 0 Å². The van der Waals surface area contributed by atoms with Gasteiger partial charge in [-0.05, 0) is 30.4 Å². The molecule has 1 rings (SSSR count). The van der Waals surface area contributed by atoms with E-state index in [1.165, 1.54) is 17.3 Å². The van der Waals surface area contributed by atoms with Gasteiger partial charge in [-0.15, -0.1) is 0 Å². The number of rotatable bonds is 3. The molecule has 0 saturated heterocycles. The van der Waals surface area contributed by atoms with Crippen LogP contribution in [0.4, 0.5) is 0 Å². The van der Waals surface area contributed by atoms with Crippen molar-refractivity contribution in [2.24, 2.45) is 11.3 Å². The van der Waals surface area contributed by atoms with E-state index >= 15 is 0 Å². The van der Waals surface area contributed by atoms with Gasteiger partial charge < -0.3 is 0 Å². The van der Waals surface area contributed by atoms with E-state index in [9.17, 15) is 4.79 Å². The third-order valence-electron chi connectivity index (χ3n) is 3.46. The molecule has 0 N–H and O–H groups in total. The molecule has 1 aliphatic carbocycles. The number of allylic oxidation sites excluding steroid dienone is 2. The summed E-state index contributed by atoms with van der Waals surface area (Å²) in [6, 6.07) is 0. The minimum atomic E-state index is 0.226. The molecule has 0 aliphatic heterocycles. The number of carbonyl (C=O) groups excluding carboxylic acids is 1. The van der Waals surface area contributed by atoms with Gasteiger partial charge in [0.25, 0.3) is 0 Å². The summed E-state index contributed by atoms with van der Waals surface area (Å²) >= 11 is 1.46. The second-order valence-corrected chi connectivity index (χ2v) is 5.87. The first-order valence-electron chi connectivity index (χ1n) is 5.31. The van der Waals surface area contributed by atoms with E-state index in [0.717, 1.165) is 18.6 Å². The van der Waals surface area contributed by atoms with Crippen LogP contribution in [0.2, 0.25) is 0 Å². The van der Waals surface area contributed by atoms with Gasteiger partial charge in [-0.2, -0.15) is 0 Å². The number of hydrogen-bond donors (Lipinski definition) is 0. The summed E-state index contributed by atoms with van der Waals surface area (Å²) in [6.45, 7) is 8.71. The zero-order chi connectivity index (χ0) is 10.8. The highest BCUT2D eigenvalue weighted by atomic mass is 32.2. The lowest BCUT2D eigenvalue weighted by Crippen LogP contribution is -2.22. The van der Waals surface area contributed by atoms with Crippen molar-refractivity contribution in [2.75, 3.05) is 5.75 Å². The van der Waals surface area contributed by atoms with E-state index in [1.54, 1.807) is 0 Å². The highest BCUT2D eigenvalue weighted by Crippen LogP contribution is 2.45. The predicted molar refractivity (Wildman–Crippen MR) is 63.4 cm³/mol. The van der Waals surface area contributed by atoms with Crippen molar-refractivity contribution in [3.05, 3.63) is 11.6 Å².